The summed E-state index contributed by atoms with van der Waals surface area (Å²) in [6.45, 7) is 0. The zero-order chi connectivity index (χ0) is 23.7. The van der Waals surface area contributed by atoms with Gasteiger partial charge >= 0.3 is 5.97 Å². The van der Waals surface area contributed by atoms with Crippen molar-refractivity contribution in [3.8, 4) is 5.75 Å². The van der Waals surface area contributed by atoms with Crippen molar-refractivity contribution < 1.29 is 24.6 Å². The summed E-state index contributed by atoms with van der Waals surface area (Å²) in [5, 5.41) is 35.6. The molecule has 2 amide bonds. The maximum absolute atomic E-state index is 12.8. The molecule has 0 aliphatic carbocycles. The minimum Gasteiger partial charge on any atom is -0.508 e. The lowest BCUT2D eigenvalue weighted by molar-refractivity contribution is -0.150. The number of carbonyl (C=O) groups excluding carboxylic acids is 2. The SMILES string of the molecule is Cn1nnnc1SCC1=C(C(=O)O)N2C(=O)C(NC(=O)C(N=O)c3cccc(O)c3)[C@@H]2SC1. The number of thioether (sulfide) groups is 2. The molecule has 1 aromatic carbocycles. The van der Waals surface area contributed by atoms with Gasteiger partial charge in [0.25, 0.3) is 11.8 Å². The molecule has 172 valence electrons. The van der Waals surface area contributed by atoms with Crippen molar-refractivity contribution >= 4 is 41.3 Å². The van der Waals surface area contributed by atoms with Crippen LogP contribution in [0.1, 0.15) is 11.6 Å². The molecule has 2 aliphatic heterocycles. The molecule has 3 atom stereocenters. The number of aliphatic carboxylic acids is 1. The summed E-state index contributed by atoms with van der Waals surface area (Å²) in [6.07, 6.45) is 0. The van der Waals surface area contributed by atoms with E-state index in [0.29, 0.717) is 16.5 Å². The highest BCUT2D eigenvalue weighted by atomic mass is 32.2. The van der Waals surface area contributed by atoms with Gasteiger partial charge in [-0.05, 0) is 33.7 Å². The Morgan fingerprint density at radius 2 is 2.21 bits per heavy atom. The van der Waals surface area contributed by atoms with Gasteiger partial charge in [0.2, 0.25) is 5.16 Å². The molecule has 2 aliphatic rings. The lowest BCUT2D eigenvalue weighted by atomic mass is 10.0. The number of rotatable bonds is 8. The molecular formula is C18H17N7O6S2. The van der Waals surface area contributed by atoms with Gasteiger partial charge in [0.05, 0.1) is 0 Å². The number of aryl methyl sites for hydroxylation is 1. The van der Waals surface area contributed by atoms with Crippen LogP contribution in [0.4, 0.5) is 0 Å². The fraction of sp³-hybridized carbons (Fsp3) is 0.333. The average Bonchev–Trinajstić information content (AvgIpc) is 3.20. The van der Waals surface area contributed by atoms with E-state index in [1.807, 2.05) is 0 Å². The van der Waals surface area contributed by atoms with Gasteiger partial charge in [0.1, 0.15) is 22.9 Å². The summed E-state index contributed by atoms with van der Waals surface area (Å²) in [5.74, 6) is -2.21. The van der Waals surface area contributed by atoms with E-state index in [-0.39, 0.29) is 22.8 Å². The number of hydrogen-bond acceptors (Lipinski definition) is 11. The highest BCUT2D eigenvalue weighted by Gasteiger charge is 2.54. The van der Waals surface area contributed by atoms with E-state index in [1.165, 1.54) is 52.5 Å². The number of phenols is 1. The smallest absolute Gasteiger partial charge is 0.352 e. The van der Waals surface area contributed by atoms with Gasteiger partial charge in [0, 0.05) is 18.6 Å². The first-order chi connectivity index (χ1) is 15.8. The number of amides is 2. The topological polar surface area (TPSA) is 180 Å². The Kier molecular flexibility index (Phi) is 6.33. The van der Waals surface area contributed by atoms with Crippen molar-refractivity contribution in [3.63, 3.8) is 0 Å². The van der Waals surface area contributed by atoms with Crippen LogP contribution < -0.4 is 5.32 Å². The predicted molar refractivity (Wildman–Crippen MR) is 116 cm³/mol. The number of nitroso groups, excluding NO2 is 1. The fourth-order valence-corrected chi connectivity index (χ4v) is 5.81. The number of aromatic nitrogens is 4. The third-order valence-corrected chi connectivity index (χ3v) is 7.48. The minimum atomic E-state index is -1.46. The van der Waals surface area contributed by atoms with Crippen LogP contribution in [0.15, 0.2) is 45.9 Å². The summed E-state index contributed by atoms with van der Waals surface area (Å²) < 4.78 is 1.45. The molecule has 0 radical (unpaired) electrons. The fourth-order valence-electron chi connectivity index (χ4n) is 3.48. The number of aromatic hydroxyl groups is 1. The lowest BCUT2D eigenvalue weighted by Crippen LogP contribution is -2.70. The quantitative estimate of drug-likeness (QED) is 0.262. The highest BCUT2D eigenvalue weighted by molar-refractivity contribution is 8.01. The molecule has 13 nitrogen and oxygen atoms in total. The van der Waals surface area contributed by atoms with E-state index < -0.39 is 35.2 Å². The number of hydrogen-bond donors (Lipinski definition) is 3. The number of fused-ring (bicyclic) bond motifs is 1. The molecule has 1 fully saturated rings. The van der Waals surface area contributed by atoms with Crippen LogP contribution in [0.2, 0.25) is 0 Å². The molecule has 1 saturated heterocycles. The Morgan fingerprint density at radius 1 is 1.42 bits per heavy atom. The van der Waals surface area contributed by atoms with Crippen LogP contribution in [0, 0.1) is 4.91 Å². The van der Waals surface area contributed by atoms with Crippen LogP contribution in [-0.2, 0) is 21.4 Å². The van der Waals surface area contributed by atoms with Gasteiger partial charge in [-0.15, -0.1) is 21.8 Å². The molecule has 3 heterocycles. The Morgan fingerprint density at radius 3 is 2.85 bits per heavy atom. The number of benzene rings is 1. The normalized spacial score (nSPS) is 20.6. The number of phenolic OH excluding ortho intramolecular Hbond substituents is 1. The molecule has 0 bridgehead atoms. The van der Waals surface area contributed by atoms with Gasteiger partial charge in [-0.1, -0.05) is 29.1 Å². The van der Waals surface area contributed by atoms with Gasteiger partial charge in [-0.25, -0.2) is 9.48 Å². The van der Waals surface area contributed by atoms with Crippen molar-refractivity contribution in [3.05, 3.63) is 46.0 Å². The Balaban J connectivity index is 1.48. The molecule has 0 spiro atoms. The Labute approximate surface area is 194 Å². The van der Waals surface area contributed by atoms with Crippen molar-refractivity contribution in [2.24, 2.45) is 12.2 Å². The van der Waals surface area contributed by atoms with Crippen LogP contribution in [0.3, 0.4) is 0 Å². The molecule has 2 aromatic rings. The van der Waals surface area contributed by atoms with Crippen LogP contribution >= 0.6 is 23.5 Å². The second kappa shape index (κ2) is 9.19. The molecule has 3 N–H and O–H groups in total. The summed E-state index contributed by atoms with van der Waals surface area (Å²) >= 11 is 2.55. The molecule has 15 heteroatoms. The molecule has 1 aromatic heterocycles. The number of carboxylic acid groups (broad SMARTS) is 1. The summed E-state index contributed by atoms with van der Waals surface area (Å²) in [7, 11) is 1.66. The molecule has 0 saturated carbocycles. The maximum Gasteiger partial charge on any atom is 0.352 e. The van der Waals surface area contributed by atoms with E-state index in [2.05, 4.69) is 26.0 Å². The molecular weight excluding hydrogens is 474 g/mol. The number of carboxylic acids is 1. The predicted octanol–water partition coefficient (Wildman–Crippen LogP) is 0.254. The second-order valence-electron chi connectivity index (χ2n) is 7.13. The van der Waals surface area contributed by atoms with E-state index >= 15 is 0 Å². The van der Waals surface area contributed by atoms with Gasteiger partial charge < -0.3 is 15.5 Å². The highest BCUT2D eigenvalue weighted by Crippen LogP contribution is 2.41. The summed E-state index contributed by atoms with van der Waals surface area (Å²) in [6, 6.07) is 3.06. The van der Waals surface area contributed by atoms with Gasteiger partial charge in [-0.3, -0.25) is 14.5 Å². The van der Waals surface area contributed by atoms with E-state index in [1.54, 1.807) is 7.05 Å². The van der Waals surface area contributed by atoms with Gasteiger partial charge in [-0.2, -0.15) is 0 Å². The zero-order valence-corrected chi connectivity index (χ0v) is 18.6. The number of nitrogens with one attached hydrogen (secondary N) is 1. The Hall–Kier alpha value is -3.46. The van der Waals surface area contributed by atoms with E-state index in [9.17, 15) is 29.5 Å². The molecule has 2 unspecified atom stereocenters. The first-order valence-corrected chi connectivity index (χ1v) is 11.5. The van der Waals surface area contributed by atoms with Crippen molar-refractivity contribution in [1.29, 1.82) is 0 Å². The van der Waals surface area contributed by atoms with Crippen LogP contribution in [-0.4, -0.2) is 76.0 Å². The monoisotopic (exact) mass is 491 g/mol. The lowest BCUT2D eigenvalue weighted by Gasteiger charge is -2.49. The average molecular weight is 492 g/mol. The summed E-state index contributed by atoms with van der Waals surface area (Å²) in [4.78, 5) is 49.8. The van der Waals surface area contributed by atoms with E-state index in [4.69, 9.17) is 0 Å². The number of carbonyl (C=O) groups is 3. The number of tetrazole rings is 1. The third kappa shape index (κ3) is 4.28. The van der Waals surface area contributed by atoms with Crippen molar-refractivity contribution in [1.82, 2.24) is 30.4 Å². The first kappa shape index (κ1) is 22.7. The van der Waals surface area contributed by atoms with E-state index in [0.717, 1.165) is 4.90 Å². The van der Waals surface area contributed by atoms with Crippen molar-refractivity contribution in [2.75, 3.05) is 11.5 Å². The molecule has 4 rings (SSSR count). The van der Waals surface area contributed by atoms with Gasteiger partial charge in [0.15, 0.2) is 6.04 Å². The first-order valence-electron chi connectivity index (χ1n) is 9.48. The second-order valence-corrected chi connectivity index (χ2v) is 9.18. The van der Waals surface area contributed by atoms with Crippen LogP contribution in [0.25, 0.3) is 0 Å². The minimum absolute atomic E-state index is 0.130. The maximum atomic E-state index is 12.8. The molecule has 33 heavy (non-hydrogen) atoms. The third-order valence-electron chi connectivity index (χ3n) is 5.04. The largest absolute Gasteiger partial charge is 0.508 e. The Bertz CT molecular complexity index is 1170. The van der Waals surface area contributed by atoms with Crippen LogP contribution in [0.5, 0.6) is 5.75 Å². The number of nitrogens with zero attached hydrogens (tertiary/aromatic N) is 6. The standard InChI is InChI=1S/C18H17N7O6S2/c1-24-18(20-22-23-24)33-7-9-6-32-16-12(15(28)25(16)13(9)17(29)30)19-14(27)11(21-31)8-3-2-4-10(26)5-8/h2-5,11-12,16,26H,6-7H2,1H3,(H,19,27)(H,29,30)/t11?,12?,16-/m0/s1. The zero-order valence-electron chi connectivity index (χ0n) is 17.0. The van der Waals surface area contributed by atoms with Crippen molar-refractivity contribution in [2.45, 2.75) is 22.6 Å². The summed E-state index contributed by atoms with van der Waals surface area (Å²) in [5.41, 5.74) is 0.572. The number of β-lactam (4-membered cyclic amide) rings is 1.